The number of rotatable bonds is 7. The summed E-state index contributed by atoms with van der Waals surface area (Å²) in [6, 6.07) is 17.0. The maximum Gasteiger partial charge on any atom is 0.278 e. The number of nitro benzene ring substituents is 1. The minimum absolute atomic E-state index is 0.146. The number of imide groups is 1. The van der Waals surface area contributed by atoms with Crippen molar-refractivity contribution in [3.63, 3.8) is 0 Å². The van der Waals surface area contributed by atoms with Crippen molar-refractivity contribution in [1.82, 2.24) is 0 Å². The zero-order valence-corrected chi connectivity index (χ0v) is 20.2. The van der Waals surface area contributed by atoms with Gasteiger partial charge in [-0.3, -0.25) is 24.5 Å². The summed E-state index contributed by atoms with van der Waals surface area (Å²) in [5.74, 6) is -1.33. The molecule has 0 aromatic heterocycles. The van der Waals surface area contributed by atoms with Crippen LogP contribution in [-0.4, -0.2) is 44.2 Å². The van der Waals surface area contributed by atoms with E-state index in [1.807, 2.05) is 0 Å². The van der Waals surface area contributed by atoms with E-state index in [2.05, 4.69) is 0 Å². The van der Waals surface area contributed by atoms with Gasteiger partial charge in [-0.1, -0.05) is 24.3 Å². The molecule has 0 bridgehead atoms. The molecule has 3 aromatic rings. The molecule has 0 saturated carbocycles. The second-order valence-electron chi connectivity index (χ2n) is 8.39. The van der Waals surface area contributed by atoms with E-state index in [1.165, 1.54) is 38.5 Å². The highest BCUT2D eigenvalue weighted by Gasteiger charge is 2.61. The zero-order chi connectivity index (χ0) is 26.3. The Hall–Kier alpha value is -4.64. The molecule has 0 N–H and O–H groups in total. The third-order valence-electron chi connectivity index (χ3n) is 6.49. The molecule has 11 nitrogen and oxygen atoms in total. The molecule has 37 heavy (non-hydrogen) atoms. The summed E-state index contributed by atoms with van der Waals surface area (Å²) in [5, 5.41) is 13.5. The van der Waals surface area contributed by atoms with Gasteiger partial charge in [-0.2, -0.15) is 0 Å². The van der Waals surface area contributed by atoms with Gasteiger partial charge in [-0.05, 0) is 30.3 Å². The van der Waals surface area contributed by atoms with Gasteiger partial charge in [-0.25, -0.2) is 9.96 Å². The second kappa shape index (κ2) is 9.43. The summed E-state index contributed by atoms with van der Waals surface area (Å²) in [6.07, 6.45) is -1.20. The highest BCUT2D eigenvalue weighted by atomic mass is 16.7. The summed E-state index contributed by atoms with van der Waals surface area (Å²) in [4.78, 5) is 46.1. The first-order valence-electron chi connectivity index (χ1n) is 11.3. The molecule has 2 aliphatic rings. The van der Waals surface area contributed by atoms with Crippen molar-refractivity contribution < 1.29 is 33.6 Å². The number of anilines is 2. The number of nitro groups is 1. The van der Waals surface area contributed by atoms with E-state index in [9.17, 15) is 19.7 Å². The van der Waals surface area contributed by atoms with Crippen LogP contribution in [0.25, 0.3) is 0 Å². The lowest BCUT2D eigenvalue weighted by Gasteiger charge is -2.29. The standard InChI is InChI=1S/C26H23N3O8/c1-34-17-11-7-10-16(12-17)27-25(30)22-23(18-13-20(35-2)21(36-3)14-19(18)29(32)33)28(37-24(22)26(27)31)15-8-5-4-6-9-15/h4-14,22-24H,1-3H3/t22-,23-,24+/m1/s1. The largest absolute Gasteiger partial charge is 0.497 e. The first-order chi connectivity index (χ1) is 17.9. The van der Waals surface area contributed by atoms with E-state index in [1.54, 1.807) is 54.6 Å². The number of carbonyl (C=O) groups is 2. The van der Waals surface area contributed by atoms with Crippen LogP contribution in [0, 0.1) is 16.0 Å². The Labute approximate surface area is 211 Å². The lowest BCUT2D eigenvalue weighted by atomic mass is 9.89. The van der Waals surface area contributed by atoms with Crippen molar-refractivity contribution in [3.8, 4) is 17.2 Å². The van der Waals surface area contributed by atoms with E-state index in [0.29, 0.717) is 17.1 Å². The van der Waals surface area contributed by atoms with Gasteiger partial charge in [-0.15, -0.1) is 0 Å². The number of para-hydroxylation sites is 1. The average molecular weight is 505 g/mol. The maximum absolute atomic E-state index is 13.8. The quantitative estimate of drug-likeness (QED) is 0.269. The van der Waals surface area contributed by atoms with Crippen LogP contribution in [0.4, 0.5) is 17.1 Å². The molecule has 2 fully saturated rings. The van der Waals surface area contributed by atoms with Crippen LogP contribution in [0.5, 0.6) is 17.2 Å². The Morgan fingerprint density at radius 3 is 2.16 bits per heavy atom. The van der Waals surface area contributed by atoms with Crippen molar-refractivity contribution >= 4 is 28.9 Å². The minimum Gasteiger partial charge on any atom is -0.497 e. The van der Waals surface area contributed by atoms with Crippen molar-refractivity contribution in [2.75, 3.05) is 31.3 Å². The number of nitrogens with zero attached hydrogens (tertiary/aromatic N) is 3. The number of ether oxygens (including phenoxy) is 3. The van der Waals surface area contributed by atoms with Gasteiger partial charge < -0.3 is 14.2 Å². The van der Waals surface area contributed by atoms with E-state index >= 15 is 0 Å². The van der Waals surface area contributed by atoms with E-state index in [4.69, 9.17) is 19.0 Å². The zero-order valence-electron chi connectivity index (χ0n) is 20.2. The van der Waals surface area contributed by atoms with Crippen LogP contribution in [-0.2, 0) is 14.4 Å². The highest BCUT2D eigenvalue weighted by Crippen LogP contribution is 2.51. The summed E-state index contributed by atoms with van der Waals surface area (Å²) < 4.78 is 15.9. The third-order valence-corrected chi connectivity index (χ3v) is 6.49. The van der Waals surface area contributed by atoms with E-state index < -0.39 is 34.8 Å². The Morgan fingerprint density at radius 2 is 1.51 bits per heavy atom. The van der Waals surface area contributed by atoms with Crippen molar-refractivity contribution in [3.05, 3.63) is 82.4 Å². The molecule has 0 unspecified atom stereocenters. The smallest absolute Gasteiger partial charge is 0.278 e. The topological polar surface area (TPSA) is 121 Å². The molecule has 0 aliphatic carbocycles. The monoisotopic (exact) mass is 505 g/mol. The summed E-state index contributed by atoms with van der Waals surface area (Å²) in [6.45, 7) is 0. The van der Waals surface area contributed by atoms with E-state index in [-0.39, 0.29) is 22.7 Å². The fourth-order valence-corrected chi connectivity index (χ4v) is 4.81. The molecule has 0 spiro atoms. The molecular formula is C26H23N3O8. The Kier molecular flexibility index (Phi) is 6.14. The fourth-order valence-electron chi connectivity index (χ4n) is 4.81. The molecule has 11 heteroatoms. The molecule has 2 heterocycles. The molecule has 0 radical (unpaired) electrons. The molecule has 3 aromatic carbocycles. The Bertz CT molecular complexity index is 1380. The van der Waals surface area contributed by atoms with Crippen LogP contribution in [0.1, 0.15) is 11.6 Å². The van der Waals surface area contributed by atoms with E-state index in [0.717, 1.165) is 4.90 Å². The summed E-state index contributed by atoms with van der Waals surface area (Å²) in [7, 11) is 4.26. The van der Waals surface area contributed by atoms with Gasteiger partial charge >= 0.3 is 0 Å². The molecule has 2 saturated heterocycles. The van der Waals surface area contributed by atoms with Gasteiger partial charge in [0.15, 0.2) is 17.6 Å². The molecule has 2 amide bonds. The SMILES string of the molecule is COc1cccc(N2C(=O)[C@H]3[C@H](ON(c4ccccc4)[C@@H]3c3cc(OC)c(OC)cc3[N+](=O)[O-])C2=O)c1. The second-order valence-corrected chi connectivity index (χ2v) is 8.39. The minimum atomic E-state index is -1.20. The van der Waals surface area contributed by atoms with Gasteiger partial charge in [0.2, 0.25) is 5.91 Å². The fraction of sp³-hybridized carbons (Fsp3) is 0.231. The molecule has 190 valence electrons. The van der Waals surface area contributed by atoms with Crippen molar-refractivity contribution in [2.45, 2.75) is 12.1 Å². The summed E-state index contributed by atoms with van der Waals surface area (Å²) in [5.41, 5.74) is 0.694. The molecular weight excluding hydrogens is 482 g/mol. The van der Waals surface area contributed by atoms with Crippen molar-refractivity contribution in [2.24, 2.45) is 5.92 Å². The number of methoxy groups -OCH3 is 3. The Balaban J connectivity index is 1.68. The number of amides is 2. The highest BCUT2D eigenvalue weighted by molar-refractivity contribution is 6.24. The van der Waals surface area contributed by atoms with Crippen LogP contribution in [0.15, 0.2) is 66.7 Å². The number of hydrogen-bond acceptors (Lipinski definition) is 9. The van der Waals surface area contributed by atoms with Crippen LogP contribution >= 0.6 is 0 Å². The van der Waals surface area contributed by atoms with Crippen molar-refractivity contribution in [1.29, 1.82) is 0 Å². The first-order valence-corrected chi connectivity index (χ1v) is 11.3. The summed E-state index contributed by atoms with van der Waals surface area (Å²) >= 11 is 0. The number of carbonyl (C=O) groups excluding carboxylic acids is 2. The number of hydrogen-bond donors (Lipinski definition) is 0. The first kappa shape index (κ1) is 24.1. The lowest BCUT2D eigenvalue weighted by molar-refractivity contribution is -0.385. The number of hydroxylamine groups is 1. The predicted octanol–water partition coefficient (Wildman–Crippen LogP) is 3.67. The number of fused-ring (bicyclic) bond motifs is 1. The van der Waals surface area contributed by atoms with Crippen LogP contribution in [0.3, 0.4) is 0 Å². The average Bonchev–Trinajstić information content (AvgIpc) is 3.43. The Morgan fingerprint density at radius 1 is 0.838 bits per heavy atom. The van der Waals surface area contributed by atoms with Gasteiger partial charge in [0.25, 0.3) is 11.6 Å². The number of benzene rings is 3. The predicted molar refractivity (Wildman–Crippen MR) is 132 cm³/mol. The van der Waals surface area contributed by atoms with Gasteiger partial charge in [0.1, 0.15) is 17.7 Å². The molecule has 5 rings (SSSR count). The maximum atomic E-state index is 13.8. The lowest BCUT2D eigenvalue weighted by Crippen LogP contribution is -2.37. The normalized spacial score (nSPS) is 20.7. The van der Waals surface area contributed by atoms with Crippen LogP contribution < -0.4 is 24.2 Å². The third kappa shape index (κ3) is 3.89. The van der Waals surface area contributed by atoms with Crippen LogP contribution in [0.2, 0.25) is 0 Å². The molecule has 3 atom stereocenters. The molecule has 2 aliphatic heterocycles. The van der Waals surface area contributed by atoms with Gasteiger partial charge in [0.05, 0.1) is 49.3 Å². The van der Waals surface area contributed by atoms with Gasteiger partial charge in [0, 0.05) is 6.07 Å².